The number of carboxylic acids is 1. The van der Waals surface area contributed by atoms with E-state index in [9.17, 15) is 23.5 Å². The number of benzene rings is 1. The van der Waals surface area contributed by atoms with E-state index >= 15 is 0 Å². The number of hydrogen-bond acceptors (Lipinski definition) is 2. The van der Waals surface area contributed by atoms with Crippen LogP contribution >= 0.6 is 0 Å². The van der Waals surface area contributed by atoms with E-state index in [2.05, 4.69) is 0 Å². The third-order valence-electron chi connectivity index (χ3n) is 3.23. The molecule has 4 nitrogen and oxygen atoms in total. The maximum absolute atomic E-state index is 12.2. The summed E-state index contributed by atoms with van der Waals surface area (Å²) in [5, 5.41) is 9.38. The highest BCUT2D eigenvalue weighted by Crippen LogP contribution is 2.28. The third-order valence-corrected chi connectivity index (χ3v) is 3.23. The minimum atomic E-state index is -2.64. The van der Waals surface area contributed by atoms with Crippen LogP contribution in [0.1, 0.15) is 18.9 Å². The standard InChI is InChI=1S/C14H17F2NO3/c1-14(13(19)20,10-6-4-3-5-7-10)8-12(18)17(2)9-11(15)16/h3-7,11H,8-9H2,1-2H3,(H,19,20). The van der Waals surface area contributed by atoms with Gasteiger partial charge < -0.3 is 10.0 Å². The van der Waals surface area contributed by atoms with E-state index in [4.69, 9.17) is 0 Å². The minimum absolute atomic E-state index is 0.366. The molecule has 0 bridgehead atoms. The Kier molecular flexibility index (Phi) is 5.19. The lowest BCUT2D eigenvalue weighted by Gasteiger charge is -2.27. The molecule has 0 aromatic heterocycles. The monoisotopic (exact) mass is 285 g/mol. The van der Waals surface area contributed by atoms with Crippen molar-refractivity contribution in [1.82, 2.24) is 4.90 Å². The van der Waals surface area contributed by atoms with Crippen molar-refractivity contribution in [3.63, 3.8) is 0 Å². The van der Waals surface area contributed by atoms with Crippen LogP contribution in [0, 0.1) is 0 Å². The summed E-state index contributed by atoms with van der Waals surface area (Å²) in [4.78, 5) is 24.2. The normalized spacial score (nSPS) is 13.8. The lowest BCUT2D eigenvalue weighted by molar-refractivity contribution is -0.147. The van der Waals surface area contributed by atoms with Crippen molar-refractivity contribution in [3.8, 4) is 0 Å². The first-order valence-corrected chi connectivity index (χ1v) is 6.08. The SMILES string of the molecule is CN(CC(F)F)C(=O)CC(C)(C(=O)O)c1ccccc1. The molecule has 1 atom stereocenters. The molecular weight excluding hydrogens is 268 g/mol. The van der Waals surface area contributed by atoms with Crippen molar-refractivity contribution in [2.45, 2.75) is 25.2 Å². The van der Waals surface area contributed by atoms with Crippen molar-refractivity contribution in [2.75, 3.05) is 13.6 Å². The molecular formula is C14H17F2NO3. The number of carbonyl (C=O) groups excluding carboxylic acids is 1. The van der Waals surface area contributed by atoms with E-state index < -0.39 is 30.3 Å². The van der Waals surface area contributed by atoms with E-state index in [0.717, 1.165) is 4.90 Å². The Morgan fingerprint density at radius 3 is 2.30 bits per heavy atom. The number of alkyl halides is 2. The highest BCUT2D eigenvalue weighted by molar-refractivity contribution is 5.89. The molecule has 0 heterocycles. The lowest BCUT2D eigenvalue weighted by Crippen LogP contribution is -2.40. The predicted molar refractivity (Wildman–Crippen MR) is 69.7 cm³/mol. The Hall–Kier alpha value is -1.98. The summed E-state index contributed by atoms with van der Waals surface area (Å²) in [5.74, 6) is -1.79. The van der Waals surface area contributed by atoms with Crippen LogP contribution in [0.3, 0.4) is 0 Å². The molecule has 0 radical (unpaired) electrons. The van der Waals surface area contributed by atoms with Crippen LogP contribution in [-0.4, -0.2) is 41.9 Å². The summed E-state index contributed by atoms with van der Waals surface area (Å²) >= 11 is 0. The van der Waals surface area contributed by atoms with Gasteiger partial charge in [0.1, 0.15) is 0 Å². The first-order valence-electron chi connectivity index (χ1n) is 6.08. The molecule has 0 saturated heterocycles. The highest BCUT2D eigenvalue weighted by atomic mass is 19.3. The lowest BCUT2D eigenvalue weighted by atomic mass is 9.79. The number of carboxylic acid groups (broad SMARTS) is 1. The Labute approximate surface area is 116 Å². The number of hydrogen-bond donors (Lipinski definition) is 1. The van der Waals surface area contributed by atoms with Gasteiger partial charge in [-0.05, 0) is 12.5 Å². The molecule has 1 N–H and O–H groups in total. The number of aliphatic carboxylic acids is 1. The Balaban J connectivity index is 2.94. The zero-order valence-corrected chi connectivity index (χ0v) is 11.3. The quantitative estimate of drug-likeness (QED) is 0.871. The van der Waals surface area contributed by atoms with Crippen molar-refractivity contribution in [2.24, 2.45) is 0 Å². The van der Waals surface area contributed by atoms with E-state index in [1.807, 2.05) is 0 Å². The zero-order valence-electron chi connectivity index (χ0n) is 11.3. The van der Waals surface area contributed by atoms with Crippen LogP contribution in [0.5, 0.6) is 0 Å². The van der Waals surface area contributed by atoms with Crippen molar-refractivity contribution < 1.29 is 23.5 Å². The fourth-order valence-electron chi connectivity index (χ4n) is 1.85. The fourth-order valence-corrected chi connectivity index (χ4v) is 1.85. The summed E-state index contributed by atoms with van der Waals surface area (Å²) in [6.45, 7) is 0.710. The summed E-state index contributed by atoms with van der Waals surface area (Å²) in [5.41, 5.74) is -0.972. The molecule has 0 aliphatic carbocycles. The Bertz CT molecular complexity index is 479. The second-order valence-electron chi connectivity index (χ2n) is 4.85. The Morgan fingerprint density at radius 1 is 1.30 bits per heavy atom. The zero-order chi connectivity index (χ0) is 15.3. The van der Waals surface area contributed by atoms with Gasteiger partial charge in [0.15, 0.2) is 0 Å². The van der Waals surface area contributed by atoms with Crippen LogP contribution < -0.4 is 0 Å². The van der Waals surface area contributed by atoms with Gasteiger partial charge in [0.25, 0.3) is 6.43 Å². The van der Waals surface area contributed by atoms with Gasteiger partial charge >= 0.3 is 5.97 Å². The van der Waals surface area contributed by atoms with Crippen LogP contribution in [0.25, 0.3) is 0 Å². The van der Waals surface area contributed by atoms with Gasteiger partial charge in [-0.2, -0.15) is 0 Å². The molecule has 20 heavy (non-hydrogen) atoms. The van der Waals surface area contributed by atoms with Gasteiger partial charge in [-0.1, -0.05) is 30.3 Å². The molecule has 6 heteroatoms. The van der Waals surface area contributed by atoms with E-state index in [-0.39, 0.29) is 6.42 Å². The topological polar surface area (TPSA) is 57.6 Å². The molecule has 1 rings (SSSR count). The number of amides is 1. The molecule has 1 aromatic carbocycles. The van der Waals surface area contributed by atoms with E-state index in [1.54, 1.807) is 30.3 Å². The minimum Gasteiger partial charge on any atom is -0.481 e. The summed E-state index contributed by atoms with van der Waals surface area (Å²) in [7, 11) is 1.24. The van der Waals surface area contributed by atoms with Crippen LogP contribution in [0.15, 0.2) is 30.3 Å². The average molecular weight is 285 g/mol. The molecule has 0 saturated carbocycles. The predicted octanol–water partition coefficient (Wildman–Crippen LogP) is 2.14. The van der Waals surface area contributed by atoms with Gasteiger partial charge in [-0.3, -0.25) is 9.59 Å². The van der Waals surface area contributed by atoms with Gasteiger partial charge in [0.05, 0.1) is 12.0 Å². The molecule has 1 unspecified atom stereocenters. The fraction of sp³-hybridized carbons (Fsp3) is 0.429. The van der Waals surface area contributed by atoms with Gasteiger partial charge in [0, 0.05) is 13.5 Å². The van der Waals surface area contributed by atoms with Crippen molar-refractivity contribution in [1.29, 1.82) is 0 Å². The summed E-state index contributed by atoms with van der Waals surface area (Å²) in [6, 6.07) is 8.28. The van der Waals surface area contributed by atoms with Crippen molar-refractivity contribution >= 4 is 11.9 Å². The van der Waals surface area contributed by atoms with Gasteiger partial charge in [-0.15, -0.1) is 0 Å². The van der Waals surface area contributed by atoms with Crippen molar-refractivity contribution in [3.05, 3.63) is 35.9 Å². The average Bonchev–Trinajstić information content (AvgIpc) is 2.38. The molecule has 1 aromatic rings. The summed E-state index contributed by atoms with van der Waals surface area (Å²) < 4.78 is 24.5. The van der Waals surface area contributed by atoms with Crippen LogP contribution in [0.2, 0.25) is 0 Å². The second-order valence-corrected chi connectivity index (χ2v) is 4.85. The molecule has 1 amide bonds. The summed E-state index contributed by atoms with van der Waals surface area (Å²) in [6.07, 6.45) is -3.01. The number of halogens is 2. The third kappa shape index (κ3) is 3.76. The number of carbonyl (C=O) groups is 2. The van der Waals surface area contributed by atoms with E-state index in [0.29, 0.717) is 5.56 Å². The number of nitrogens with zero attached hydrogens (tertiary/aromatic N) is 1. The first kappa shape index (κ1) is 16.1. The largest absolute Gasteiger partial charge is 0.481 e. The Morgan fingerprint density at radius 2 is 1.85 bits per heavy atom. The van der Waals surface area contributed by atoms with Gasteiger partial charge in [-0.25, -0.2) is 8.78 Å². The van der Waals surface area contributed by atoms with Gasteiger partial charge in [0.2, 0.25) is 5.91 Å². The van der Waals surface area contributed by atoms with E-state index in [1.165, 1.54) is 14.0 Å². The molecule has 0 fully saturated rings. The molecule has 0 spiro atoms. The maximum atomic E-state index is 12.2. The number of rotatable bonds is 6. The molecule has 0 aliphatic rings. The second kappa shape index (κ2) is 6.45. The molecule has 110 valence electrons. The maximum Gasteiger partial charge on any atom is 0.314 e. The highest BCUT2D eigenvalue weighted by Gasteiger charge is 2.38. The van der Waals surface area contributed by atoms with Crippen LogP contribution in [0.4, 0.5) is 8.78 Å². The molecule has 0 aliphatic heterocycles. The smallest absolute Gasteiger partial charge is 0.314 e. The van der Waals surface area contributed by atoms with Crippen LogP contribution in [-0.2, 0) is 15.0 Å². The first-order chi connectivity index (χ1) is 9.27.